The summed E-state index contributed by atoms with van der Waals surface area (Å²) in [5.74, 6) is 0. The van der Waals surface area contributed by atoms with Crippen molar-refractivity contribution in [1.82, 2.24) is 0 Å². The molecule has 1 saturated heterocycles. The maximum atomic E-state index is 6.60. The third-order valence-corrected chi connectivity index (χ3v) is 7.92. The van der Waals surface area contributed by atoms with Crippen molar-refractivity contribution >= 4 is 33.3 Å². The van der Waals surface area contributed by atoms with Gasteiger partial charge in [-0.05, 0) is 78.6 Å². The Kier molecular flexibility index (Phi) is 9.59. The summed E-state index contributed by atoms with van der Waals surface area (Å²) >= 11 is 0. The van der Waals surface area contributed by atoms with E-state index in [2.05, 4.69) is 78.6 Å². The minimum absolute atomic E-state index is 0.245. The number of rotatable bonds is 10. The largest absolute Gasteiger partial charge is 0.415 e. The second kappa shape index (κ2) is 10.1. The van der Waals surface area contributed by atoms with E-state index in [1.807, 2.05) is 0 Å². The lowest BCUT2D eigenvalue weighted by atomic mass is 9.99. The molecule has 174 valence electrons. The van der Waals surface area contributed by atoms with Crippen molar-refractivity contribution < 1.29 is 27.2 Å². The summed E-state index contributed by atoms with van der Waals surface area (Å²) in [6, 6.07) is 0. The van der Waals surface area contributed by atoms with Crippen molar-refractivity contribution in [3.63, 3.8) is 0 Å². The van der Waals surface area contributed by atoms with Crippen molar-refractivity contribution in [2.24, 2.45) is 0 Å². The molecule has 1 fully saturated rings. The maximum absolute atomic E-state index is 6.60. The van der Waals surface area contributed by atoms with Gasteiger partial charge in [0, 0.05) is 7.11 Å². The van der Waals surface area contributed by atoms with Gasteiger partial charge >= 0.3 is 0 Å². The standard InChI is InChI=1S/C19H46O6Si4/c1-20-17-16(23-27(5,6)7)15(14-21-26(2,3)4)22-19(25-29(11,12)13)18(17)24-28(8,9)10/h15-19H,14H2,1-13H3/t15-,16-,17+,18-,19+/m1/s1. The van der Waals surface area contributed by atoms with E-state index in [1.54, 1.807) is 7.11 Å². The van der Waals surface area contributed by atoms with Gasteiger partial charge in [-0.2, -0.15) is 0 Å². The molecule has 1 rings (SSSR count). The van der Waals surface area contributed by atoms with Gasteiger partial charge in [0.2, 0.25) is 0 Å². The molecule has 6 nitrogen and oxygen atoms in total. The summed E-state index contributed by atoms with van der Waals surface area (Å²) in [5, 5.41) is 0. The highest BCUT2D eigenvalue weighted by atomic mass is 28.4. The van der Waals surface area contributed by atoms with Gasteiger partial charge in [-0.3, -0.25) is 0 Å². The normalized spacial score (nSPS) is 29.9. The lowest BCUT2D eigenvalue weighted by Crippen LogP contribution is -2.65. The monoisotopic (exact) mass is 482 g/mol. The molecule has 1 heterocycles. The highest BCUT2D eigenvalue weighted by Gasteiger charge is 2.51. The van der Waals surface area contributed by atoms with Crippen LogP contribution in [-0.4, -0.2) is 77.7 Å². The van der Waals surface area contributed by atoms with Gasteiger partial charge in [0.15, 0.2) is 39.6 Å². The number of hydrogen-bond donors (Lipinski definition) is 0. The number of ether oxygens (including phenoxy) is 2. The van der Waals surface area contributed by atoms with Gasteiger partial charge in [0.05, 0.1) is 6.61 Å². The predicted octanol–water partition coefficient (Wildman–Crippen LogP) is 4.87. The molecule has 0 radical (unpaired) electrons. The molecule has 0 aliphatic carbocycles. The first-order valence-electron chi connectivity index (χ1n) is 10.7. The van der Waals surface area contributed by atoms with Crippen LogP contribution >= 0.6 is 0 Å². The van der Waals surface area contributed by atoms with Crippen LogP contribution in [0.1, 0.15) is 0 Å². The van der Waals surface area contributed by atoms with Crippen molar-refractivity contribution in [3.05, 3.63) is 0 Å². The molecule has 0 amide bonds. The van der Waals surface area contributed by atoms with Crippen LogP contribution in [0.25, 0.3) is 0 Å². The van der Waals surface area contributed by atoms with E-state index in [1.165, 1.54) is 0 Å². The Morgan fingerprint density at radius 3 is 1.41 bits per heavy atom. The molecule has 1 aliphatic rings. The molecule has 0 spiro atoms. The third kappa shape index (κ3) is 10.7. The topological polar surface area (TPSA) is 55.4 Å². The molecule has 5 atom stereocenters. The first kappa shape index (κ1) is 27.7. The summed E-state index contributed by atoms with van der Waals surface area (Å²) < 4.78 is 38.4. The molecule has 0 aromatic heterocycles. The summed E-state index contributed by atoms with van der Waals surface area (Å²) in [5.41, 5.74) is 0. The zero-order valence-electron chi connectivity index (χ0n) is 21.0. The summed E-state index contributed by atoms with van der Waals surface area (Å²) in [7, 11) is -5.57. The van der Waals surface area contributed by atoms with E-state index >= 15 is 0 Å². The Labute approximate surface area is 183 Å². The van der Waals surface area contributed by atoms with Gasteiger partial charge in [0.1, 0.15) is 24.4 Å². The van der Waals surface area contributed by atoms with Gasteiger partial charge in [0.25, 0.3) is 0 Å². The lowest BCUT2D eigenvalue weighted by molar-refractivity contribution is -0.276. The van der Waals surface area contributed by atoms with Crippen LogP contribution in [0.4, 0.5) is 0 Å². The smallest absolute Gasteiger partial charge is 0.187 e. The van der Waals surface area contributed by atoms with E-state index in [0.717, 1.165) is 0 Å². The first-order chi connectivity index (χ1) is 12.8. The first-order valence-corrected chi connectivity index (χ1v) is 24.3. The van der Waals surface area contributed by atoms with E-state index in [9.17, 15) is 0 Å². The Morgan fingerprint density at radius 1 is 0.586 bits per heavy atom. The highest BCUT2D eigenvalue weighted by Crippen LogP contribution is 2.33. The summed E-state index contributed by atoms with van der Waals surface area (Å²) in [4.78, 5) is 0. The van der Waals surface area contributed by atoms with Gasteiger partial charge in [-0.15, -0.1) is 0 Å². The highest BCUT2D eigenvalue weighted by molar-refractivity contribution is 6.71. The molecular weight excluding hydrogens is 437 g/mol. The van der Waals surface area contributed by atoms with Gasteiger partial charge in [-0.25, -0.2) is 0 Å². The molecule has 10 heteroatoms. The SMILES string of the molecule is CO[C@@H]1[C@@H](O[Si](C)(C)C)[C@H](O[Si](C)(C)C)O[C@H](CO[Si](C)(C)C)[C@H]1O[Si](C)(C)C. The summed E-state index contributed by atoms with van der Waals surface area (Å²) in [6.45, 7) is 26.7. The molecular formula is C19H46O6Si4. The quantitative estimate of drug-likeness (QED) is 0.414. The van der Waals surface area contributed by atoms with Crippen LogP contribution in [0.15, 0.2) is 0 Å². The van der Waals surface area contributed by atoms with Crippen LogP contribution in [0, 0.1) is 0 Å². The van der Waals surface area contributed by atoms with Crippen LogP contribution in [0.3, 0.4) is 0 Å². The minimum atomic E-state index is -1.87. The Bertz CT molecular complexity index is 507. The Hall–Kier alpha value is 0.628. The van der Waals surface area contributed by atoms with Crippen LogP contribution < -0.4 is 0 Å². The number of methoxy groups -OCH3 is 1. The van der Waals surface area contributed by atoms with E-state index in [0.29, 0.717) is 6.61 Å². The lowest BCUT2D eigenvalue weighted by Gasteiger charge is -2.50. The van der Waals surface area contributed by atoms with Crippen molar-refractivity contribution in [2.45, 2.75) is 109 Å². The molecule has 0 unspecified atom stereocenters. The zero-order valence-corrected chi connectivity index (χ0v) is 25.0. The molecule has 0 bridgehead atoms. The Morgan fingerprint density at radius 2 is 1.03 bits per heavy atom. The molecule has 29 heavy (non-hydrogen) atoms. The van der Waals surface area contributed by atoms with E-state index in [-0.39, 0.29) is 24.4 Å². The second-order valence-electron chi connectivity index (χ2n) is 11.8. The zero-order chi connectivity index (χ0) is 22.8. The minimum Gasteiger partial charge on any atom is -0.415 e. The molecule has 0 aromatic rings. The van der Waals surface area contributed by atoms with Crippen LogP contribution in [0.2, 0.25) is 78.6 Å². The molecule has 0 saturated carbocycles. The van der Waals surface area contributed by atoms with Crippen molar-refractivity contribution in [2.75, 3.05) is 13.7 Å². The molecule has 0 N–H and O–H groups in total. The van der Waals surface area contributed by atoms with E-state index in [4.69, 9.17) is 27.2 Å². The predicted molar refractivity (Wildman–Crippen MR) is 130 cm³/mol. The van der Waals surface area contributed by atoms with Crippen LogP contribution in [0.5, 0.6) is 0 Å². The fraction of sp³-hybridized carbons (Fsp3) is 1.00. The summed E-state index contributed by atoms with van der Waals surface area (Å²) in [6.07, 6.45) is -1.55. The Balaban J connectivity index is 3.29. The second-order valence-corrected chi connectivity index (χ2v) is 29.7. The third-order valence-electron chi connectivity index (χ3n) is 3.99. The molecule has 1 aliphatic heterocycles. The average Bonchev–Trinajstić information content (AvgIpc) is 2.43. The number of hydrogen-bond acceptors (Lipinski definition) is 6. The van der Waals surface area contributed by atoms with Gasteiger partial charge < -0.3 is 27.2 Å². The molecule has 0 aromatic carbocycles. The van der Waals surface area contributed by atoms with Crippen LogP contribution in [-0.2, 0) is 27.2 Å². The van der Waals surface area contributed by atoms with Crippen molar-refractivity contribution in [1.29, 1.82) is 0 Å². The fourth-order valence-corrected chi connectivity index (χ4v) is 6.86. The maximum Gasteiger partial charge on any atom is 0.187 e. The van der Waals surface area contributed by atoms with Crippen molar-refractivity contribution in [3.8, 4) is 0 Å². The van der Waals surface area contributed by atoms with Gasteiger partial charge in [-0.1, -0.05) is 0 Å². The van der Waals surface area contributed by atoms with E-state index < -0.39 is 39.6 Å². The average molecular weight is 483 g/mol. The fourth-order valence-electron chi connectivity index (χ4n) is 3.14.